The zero-order chi connectivity index (χ0) is 12.4. The van der Waals surface area contributed by atoms with Gasteiger partial charge in [0.1, 0.15) is 0 Å². The van der Waals surface area contributed by atoms with Gasteiger partial charge in [0.25, 0.3) is 0 Å². The van der Waals surface area contributed by atoms with Crippen molar-refractivity contribution in [3.05, 3.63) is 0 Å². The normalized spacial score (nSPS) is 28.9. The Bertz CT molecular complexity index is 210. The summed E-state index contributed by atoms with van der Waals surface area (Å²) in [6, 6.07) is 0. The Morgan fingerprint density at radius 3 is 2.00 bits per heavy atom. The average Bonchev–Trinajstić information content (AvgIpc) is 2.27. The van der Waals surface area contributed by atoms with Crippen molar-refractivity contribution in [2.45, 2.75) is 80.1 Å². The van der Waals surface area contributed by atoms with Gasteiger partial charge in [-0.2, -0.15) is 0 Å². The van der Waals surface area contributed by atoms with Crippen LogP contribution in [0.4, 0.5) is 0 Å². The maximum Gasteiger partial charge on any atom is -0.0300 e. The molecule has 0 aromatic carbocycles. The van der Waals surface area contributed by atoms with E-state index in [0.29, 0.717) is 10.8 Å². The molecule has 1 aliphatic rings. The molecule has 2 atom stereocenters. The van der Waals surface area contributed by atoms with Crippen LogP contribution in [0.15, 0.2) is 0 Å². The molecule has 1 rings (SSSR count). The van der Waals surface area contributed by atoms with Crippen molar-refractivity contribution in [2.24, 2.45) is 22.7 Å². The van der Waals surface area contributed by atoms with Crippen LogP contribution in [0, 0.1) is 22.7 Å². The molecule has 0 heteroatoms. The lowest BCUT2D eigenvalue weighted by Gasteiger charge is -2.54. The zero-order valence-electron chi connectivity index (χ0n) is 12.4. The first-order chi connectivity index (χ1) is 7.41. The van der Waals surface area contributed by atoms with Gasteiger partial charge in [-0.05, 0) is 41.9 Å². The van der Waals surface area contributed by atoms with E-state index in [4.69, 9.17) is 0 Å². The van der Waals surface area contributed by atoms with E-state index in [1.165, 1.54) is 38.5 Å². The SMILES string of the molecule is CCCC(CC)(CC)CC1CC(C)C1(C)C. The molecule has 0 spiro atoms. The van der Waals surface area contributed by atoms with Crippen molar-refractivity contribution in [1.29, 1.82) is 0 Å². The van der Waals surface area contributed by atoms with E-state index in [9.17, 15) is 0 Å². The first kappa shape index (κ1) is 14.1. The third-order valence-corrected chi connectivity index (χ3v) is 5.92. The van der Waals surface area contributed by atoms with Crippen molar-refractivity contribution in [3.8, 4) is 0 Å². The van der Waals surface area contributed by atoms with Crippen LogP contribution in [0.1, 0.15) is 80.1 Å². The third-order valence-electron chi connectivity index (χ3n) is 5.92. The molecule has 0 aliphatic heterocycles. The lowest BCUT2D eigenvalue weighted by molar-refractivity contribution is -0.0438. The fourth-order valence-electron chi connectivity index (χ4n) is 3.67. The average molecular weight is 224 g/mol. The fraction of sp³-hybridized carbons (Fsp3) is 1.00. The number of rotatable bonds is 6. The van der Waals surface area contributed by atoms with Crippen LogP contribution < -0.4 is 0 Å². The fourth-order valence-corrected chi connectivity index (χ4v) is 3.67. The van der Waals surface area contributed by atoms with E-state index in [0.717, 1.165) is 11.8 Å². The second-order valence-corrected chi connectivity index (χ2v) is 6.82. The lowest BCUT2D eigenvalue weighted by atomic mass is 9.51. The van der Waals surface area contributed by atoms with Gasteiger partial charge >= 0.3 is 0 Å². The first-order valence-corrected chi connectivity index (χ1v) is 7.41. The molecule has 1 fully saturated rings. The second kappa shape index (κ2) is 5.10. The smallest absolute Gasteiger partial charge is 0.0300 e. The van der Waals surface area contributed by atoms with Gasteiger partial charge < -0.3 is 0 Å². The molecule has 0 saturated heterocycles. The molecule has 0 heterocycles. The molecule has 0 nitrogen and oxygen atoms in total. The van der Waals surface area contributed by atoms with Crippen molar-refractivity contribution < 1.29 is 0 Å². The summed E-state index contributed by atoms with van der Waals surface area (Å²) in [4.78, 5) is 0. The van der Waals surface area contributed by atoms with Crippen LogP contribution in [0.3, 0.4) is 0 Å². The predicted molar refractivity (Wildman–Crippen MR) is 73.6 cm³/mol. The summed E-state index contributed by atoms with van der Waals surface area (Å²) in [6.07, 6.45) is 8.48. The maximum atomic E-state index is 2.48. The number of hydrogen-bond donors (Lipinski definition) is 0. The molecular formula is C16H32. The Kier molecular flexibility index (Phi) is 4.49. The molecule has 1 saturated carbocycles. The minimum atomic E-state index is 0.601. The molecule has 16 heavy (non-hydrogen) atoms. The van der Waals surface area contributed by atoms with Gasteiger partial charge in [-0.3, -0.25) is 0 Å². The van der Waals surface area contributed by atoms with Crippen LogP contribution in [0.2, 0.25) is 0 Å². The van der Waals surface area contributed by atoms with E-state index < -0.39 is 0 Å². The van der Waals surface area contributed by atoms with Gasteiger partial charge in [-0.15, -0.1) is 0 Å². The van der Waals surface area contributed by atoms with Gasteiger partial charge in [0.2, 0.25) is 0 Å². The summed E-state index contributed by atoms with van der Waals surface area (Å²) < 4.78 is 0. The van der Waals surface area contributed by atoms with Crippen molar-refractivity contribution in [3.63, 3.8) is 0 Å². The molecule has 0 bridgehead atoms. The Labute approximate surface area is 103 Å². The summed E-state index contributed by atoms with van der Waals surface area (Å²) in [5, 5.41) is 0. The highest BCUT2D eigenvalue weighted by atomic mass is 14.5. The highest BCUT2D eigenvalue weighted by Gasteiger charge is 2.47. The molecule has 1 aliphatic carbocycles. The minimum absolute atomic E-state index is 0.601. The quantitative estimate of drug-likeness (QED) is 0.545. The molecule has 0 radical (unpaired) electrons. The molecule has 0 N–H and O–H groups in total. The first-order valence-electron chi connectivity index (χ1n) is 7.41. The Balaban J connectivity index is 2.63. The van der Waals surface area contributed by atoms with Crippen LogP contribution in [-0.2, 0) is 0 Å². The van der Waals surface area contributed by atoms with Gasteiger partial charge in [-0.25, -0.2) is 0 Å². The molecule has 0 amide bonds. The van der Waals surface area contributed by atoms with E-state index in [-0.39, 0.29) is 0 Å². The highest BCUT2D eigenvalue weighted by Crippen LogP contribution is 2.56. The topological polar surface area (TPSA) is 0 Å². The Morgan fingerprint density at radius 1 is 1.12 bits per heavy atom. The molecule has 0 aromatic heterocycles. The summed E-state index contributed by atoms with van der Waals surface area (Å²) in [5.74, 6) is 1.92. The summed E-state index contributed by atoms with van der Waals surface area (Å²) >= 11 is 0. The van der Waals surface area contributed by atoms with E-state index in [1.807, 2.05) is 0 Å². The highest BCUT2D eigenvalue weighted by molar-refractivity contribution is 4.97. The summed E-state index contributed by atoms with van der Waals surface area (Å²) in [5.41, 5.74) is 1.25. The summed E-state index contributed by atoms with van der Waals surface area (Å²) in [7, 11) is 0. The molecule has 96 valence electrons. The monoisotopic (exact) mass is 224 g/mol. The standard InChI is InChI=1S/C16H32/c1-7-10-16(8-2,9-3)12-14-11-13(4)15(14,5)6/h13-14H,7-12H2,1-6H3. The van der Waals surface area contributed by atoms with Gasteiger partial charge in [-0.1, -0.05) is 60.8 Å². The van der Waals surface area contributed by atoms with Crippen molar-refractivity contribution in [2.75, 3.05) is 0 Å². The number of hydrogen-bond acceptors (Lipinski definition) is 0. The Morgan fingerprint density at radius 2 is 1.69 bits per heavy atom. The predicted octanol–water partition coefficient (Wildman–Crippen LogP) is 5.67. The maximum absolute atomic E-state index is 2.48. The van der Waals surface area contributed by atoms with E-state index in [1.54, 1.807) is 0 Å². The van der Waals surface area contributed by atoms with Gasteiger partial charge in [0.15, 0.2) is 0 Å². The van der Waals surface area contributed by atoms with Gasteiger partial charge in [0, 0.05) is 0 Å². The second-order valence-electron chi connectivity index (χ2n) is 6.82. The third kappa shape index (κ3) is 2.46. The Hall–Kier alpha value is 0. The molecular weight excluding hydrogens is 192 g/mol. The van der Waals surface area contributed by atoms with Crippen molar-refractivity contribution in [1.82, 2.24) is 0 Å². The van der Waals surface area contributed by atoms with Crippen LogP contribution in [-0.4, -0.2) is 0 Å². The molecule has 2 unspecified atom stereocenters. The van der Waals surface area contributed by atoms with Crippen LogP contribution in [0.5, 0.6) is 0 Å². The van der Waals surface area contributed by atoms with Crippen LogP contribution in [0.25, 0.3) is 0 Å². The summed E-state index contributed by atoms with van der Waals surface area (Å²) in [6.45, 7) is 14.5. The van der Waals surface area contributed by atoms with E-state index in [2.05, 4.69) is 41.5 Å². The lowest BCUT2D eigenvalue weighted by Crippen LogP contribution is -2.45. The zero-order valence-corrected chi connectivity index (χ0v) is 12.4. The molecule has 0 aromatic rings. The van der Waals surface area contributed by atoms with Crippen molar-refractivity contribution >= 4 is 0 Å². The van der Waals surface area contributed by atoms with Crippen LogP contribution >= 0.6 is 0 Å². The van der Waals surface area contributed by atoms with E-state index >= 15 is 0 Å². The minimum Gasteiger partial charge on any atom is -0.0654 e. The van der Waals surface area contributed by atoms with Gasteiger partial charge in [0.05, 0.1) is 0 Å². The largest absolute Gasteiger partial charge is 0.0654 e.